The fourth-order valence-electron chi connectivity index (χ4n) is 2.91. The van der Waals surface area contributed by atoms with Crippen LogP contribution in [0.25, 0.3) is 11.4 Å². The number of benzene rings is 2. The second-order valence-corrected chi connectivity index (χ2v) is 8.15. The van der Waals surface area contributed by atoms with E-state index in [4.69, 9.17) is 16.3 Å². The van der Waals surface area contributed by atoms with Gasteiger partial charge >= 0.3 is 0 Å². The number of hydrogen-bond donors (Lipinski definition) is 1. The van der Waals surface area contributed by atoms with Crippen LogP contribution in [0.1, 0.15) is 19.8 Å². The standard InChI is InChI=1S/C21H22ClN5O4S/c1-3-4-11-26-20(14-5-8-16(31-2)9-6-14)24-25-21(26)32-13-19(28)23-18-12-15(27(29)30)7-10-17(18)22/h5-10,12H,3-4,11,13H2,1-2H3,(H,23,28). The average Bonchev–Trinajstić information content (AvgIpc) is 3.20. The van der Waals surface area contributed by atoms with Crippen LogP contribution in [-0.4, -0.2) is 38.5 Å². The predicted octanol–water partition coefficient (Wildman–Crippen LogP) is 5.05. The molecule has 3 rings (SSSR count). The van der Waals surface area contributed by atoms with E-state index in [2.05, 4.69) is 22.4 Å². The van der Waals surface area contributed by atoms with Crippen LogP contribution in [0.3, 0.4) is 0 Å². The molecule has 1 amide bonds. The molecule has 0 saturated carbocycles. The van der Waals surface area contributed by atoms with E-state index < -0.39 is 4.92 Å². The molecule has 1 N–H and O–H groups in total. The molecule has 0 aliphatic rings. The smallest absolute Gasteiger partial charge is 0.271 e. The molecule has 0 spiro atoms. The van der Waals surface area contributed by atoms with E-state index in [1.807, 2.05) is 28.8 Å². The molecule has 0 unspecified atom stereocenters. The number of nitrogens with one attached hydrogen (secondary N) is 1. The fraction of sp³-hybridized carbons (Fsp3) is 0.286. The first-order valence-corrected chi connectivity index (χ1v) is 11.2. The highest BCUT2D eigenvalue weighted by atomic mass is 35.5. The van der Waals surface area contributed by atoms with Gasteiger partial charge in [-0.1, -0.05) is 36.7 Å². The van der Waals surface area contributed by atoms with Crippen molar-refractivity contribution in [2.45, 2.75) is 31.5 Å². The normalized spacial score (nSPS) is 10.7. The monoisotopic (exact) mass is 475 g/mol. The zero-order valence-corrected chi connectivity index (χ0v) is 19.2. The Balaban J connectivity index is 1.74. The van der Waals surface area contributed by atoms with E-state index in [9.17, 15) is 14.9 Å². The van der Waals surface area contributed by atoms with Crippen molar-refractivity contribution in [2.75, 3.05) is 18.2 Å². The Labute approximate surface area is 194 Å². The van der Waals surface area contributed by atoms with Crippen LogP contribution < -0.4 is 10.1 Å². The molecule has 11 heteroatoms. The zero-order valence-electron chi connectivity index (χ0n) is 17.6. The van der Waals surface area contributed by atoms with Crippen LogP contribution in [0.5, 0.6) is 5.75 Å². The number of methoxy groups -OCH3 is 1. The number of aromatic nitrogens is 3. The molecular weight excluding hydrogens is 454 g/mol. The molecule has 1 heterocycles. The van der Waals surface area contributed by atoms with Gasteiger partial charge in [0.25, 0.3) is 5.69 Å². The number of unbranched alkanes of at least 4 members (excludes halogenated alkanes) is 1. The molecule has 3 aromatic rings. The third kappa shape index (κ3) is 5.77. The number of halogens is 1. The number of amides is 1. The van der Waals surface area contributed by atoms with E-state index in [0.29, 0.717) is 17.5 Å². The molecule has 0 bridgehead atoms. The van der Waals surface area contributed by atoms with Crippen molar-refractivity contribution in [1.82, 2.24) is 14.8 Å². The first kappa shape index (κ1) is 23.6. The summed E-state index contributed by atoms with van der Waals surface area (Å²) in [5.74, 6) is 1.16. The van der Waals surface area contributed by atoms with E-state index in [1.54, 1.807) is 7.11 Å². The van der Waals surface area contributed by atoms with Gasteiger partial charge in [0.05, 0.1) is 28.5 Å². The van der Waals surface area contributed by atoms with Crippen molar-refractivity contribution in [3.63, 3.8) is 0 Å². The Morgan fingerprint density at radius 1 is 1.25 bits per heavy atom. The van der Waals surface area contributed by atoms with Crippen LogP contribution in [0.2, 0.25) is 5.02 Å². The first-order chi connectivity index (χ1) is 15.4. The van der Waals surface area contributed by atoms with Gasteiger partial charge in [-0.05, 0) is 36.8 Å². The molecule has 0 saturated heterocycles. The Bertz CT molecular complexity index is 1100. The van der Waals surface area contributed by atoms with E-state index in [-0.39, 0.29) is 28.1 Å². The van der Waals surface area contributed by atoms with Crippen molar-refractivity contribution in [2.24, 2.45) is 0 Å². The summed E-state index contributed by atoms with van der Waals surface area (Å²) in [5, 5.41) is 23.0. The number of carbonyl (C=O) groups is 1. The van der Waals surface area contributed by atoms with Crippen LogP contribution >= 0.6 is 23.4 Å². The number of carbonyl (C=O) groups excluding carboxylic acids is 1. The zero-order chi connectivity index (χ0) is 23.1. The molecule has 168 valence electrons. The van der Waals surface area contributed by atoms with Crippen molar-refractivity contribution in [3.05, 3.63) is 57.6 Å². The summed E-state index contributed by atoms with van der Waals surface area (Å²) >= 11 is 7.30. The van der Waals surface area contributed by atoms with Gasteiger partial charge < -0.3 is 14.6 Å². The number of nitro benzene ring substituents is 1. The van der Waals surface area contributed by atoms with Gasteiger partial charge in [0, 0.05) is 24.2 Å². The van der Waals surface area contributed by atoms with Crippen LogP contribution in [-0.2, 0) is 11.3 Å². The van der Waals surface area contributed by atoms with Crippen LogP contribution in [0.15, 0.2) is 47.6 Å². The molecule has 1 aromatic heterocycles. The van der Waals surface area contributed by atoms with Gasteiger partial charge in [0.2, 0.25) is 5.91 Å². The van der Waals surface area contributed by atoms with E-state index in [1.165, 1.54) is 30.0 Å². The number of hydrogen-bond acceptors (Lipinski definition) is 7. The Morgan fingerprint density at radius 3 is 2.66 bits per heavy atom. The lowest BCUT2D eigenvalue weighted by Crippen LogP contribution is -2.15. The number of non-ortho nitro benzene ring substituents is 1. The van der Waals surface area contributed by atoms with Gasteiger partial charge in [-0.15, -0.1) is 10.2 Å². The van der Waals surface area contributed by atoms with Crippen molar-refractivity contribution in [1.29, 1.82) is 0 Å². The molecule has 0 aliphatic carbocycles. The van der Waals surface area contributed by atoms with Gasteiger partial charge in [-0.2, -0.15) is 0 Å². The van der Waals surface area contributed by atoms with Gasteiger partial charge in [0.1, 0.15) is 5.75 Å². The molecule has 0 atom stereocenters. The van der Waals surface area contributed by atoms with Gasteiger partial charge in [-0.25, -0.2) is 0 Å². The summed E-state index contributed by atoms with van der Waals surface area (Å²) in [4.78, 5) is 22.9. The molecular formula is C21H22ClN5O4S. The maximum absolute atomic E-state index is 12.5. The van der Waals surface area contributed by atoms with E-state index >= 15 is 0 Å². The average molecular weight is 476 g/mol. The minimum atomic E-state index is -0.544. The fourth-order valence-corrected chi connectivity index (χ4v) is 3.84. The Morgan fingerprint density at radius 2 is 2.00 bits per heavy atom. The Hall–Kier alpha value is -3.11. The number of nitro groups is 1. The van der Waals surface area contributed by atoms with Crippen molar-refractivity contribution in [3.8, 4) is 17.1 Å². The molecule has 32 heavy (non-hydrogen) atoms. The maximum Gasteiger partial charge on any atom is 0.271 e. The summed E-state index contributed by atoms with van der Waals surface area (Å²) in [6, 6.07) is 11.4. The quantitative estimate of drug-likeness (QED) is 0.248. The number of rotatable bonds is 10. The number of anilines is 1. The summed E-state index contributed by atoms with van der Waals surface area (Å²) in [6.07, 6.45) is 1.93. The third-order valence-electron chi connectivity index (χ3n) is 4.57. The lowest BCUT2D eigenvalue weighted by Gasteiger charge is -2.10. The second-order valence-electron chi connectivity index (χ2n) is 6.80. The highest BCUT2D eigenvalue weighted by Gasteiger charge is 2.17. The molecule has 0 aliphatic heterocycles. The maximum atomic E-state index is 12.5. The molecule has 0 fully saturated rings. The van der Waals surface area contributed by atoms with Gasteiger partial charge in [-0.3, -0.25) is 14.9 Å². The summed E-state index contributed by atoms with van der Waals surface area (Å²) in [6.45, 7) is 2.81. The number of ether oxygens (including phenoxy) is 1. The third-order valence-corrected chi connectivity index (χ3v) is 5.86. The second kappa shape index (κ2) is 11.0. The SMILES string of the molecule is CCCCn1c(SCC(=O)Nc2cc([N+](=O)[O-])ccc2Cl)nnc1-c1ccc(OC)cc1. The van der Waals surface area contributed by atoms with E-state index in [0.717, 1.165) is 24.2 Å². The molecule has 2 aromatic carbocycles. The lowest BCUT2D eigenvalue weighted by molar-refractivity contribution is -0.384. The number of thioether (sulfide) groups is 1. The lowest BCUT2D eigenvalue weighted by atomic mass is 10.2. The minimum Gasteiger partial charge on any atom is -0.497 e. The summed E-state index contributed by atoms with van der Waals surface area (Å²) in [7, 11) is 1.61. The first-order valence-electron chi connectivity index (χ1n) is 9.87. The summed E-state index contributed by atoms with van der Waals surface area (Å²) < 4.78 is 7.20. The van der Waals surface area contributed by atoms with Crippen molar-refractivity contribution >= 4 is 40.6 Å². The van der Waals surface area contributed by atoms with Crippen LogP contribution in [0.4, 0.5) is 11.4 Å². The predicted molar refractivity (Wildman–Crippen MR) is 124 cm³/mol. The topological polar surface area (TPSA) is 112 Å². The largest absolute Gasteiger partial charge is 0.497 e. The highest BCUT2D eigenvalue weighted by Crippen LogP contribution is 2.28. The highest BCUT2D eigenvalue weighted by molar-refractivity contribution is 7.99. The number of nitrogens with zero attached hydrogens (tertiary/aromatic N) is 4. The van der Waals surface area contributed by atoms with Crippen molar-refractivity contribution < 1.29 is 14.5 Å². The molecule has 9 nitrogen and oxygen atoms in total. The van der Waals surface area contributed by atoms with Crippen LogP contribution in [0, 0.1) is 10.1 Å². The van der Waals surface area contributed by atoms with Gasteiger partial charge in [0.15, 0.2) is 11.0 Å². The molecule has 0 radical (unpaired) electrons. The minimum absolute atomic E-state index is 0.0475. The Kier molecular flexibility index (Phi) is 8.07. The summed E-state index contributed by atoms with van der Waals surface area (Å²) in [5.41, 5.74) is 0.938.